The molecule has 2 N–H and O–H groups in total. The SMILES string of the molecule is CCCNC(C)(CO)CC(C)N(C)C1CCOC1. The van der Waals surface area contributed by atoms with E-state index in [1.807, 2.05) is 0 Å². The largest absolute Gasteiger partial charge is 0.394 e. The summed E-state index contributed by atoms with van der Waals surface area (Å²) >= 11 is 0. The third-order valence-electron chi connectivity index (χ3n) is 4.07. The summed E-state index contributed by atoms with van der Waals surface area (Å²) in [5.74, 6) is 0. The van der Waals surface area contributed by atoms with E-state index in [4.69, 9.17) is 4.74 Å². The summed E-state index contributed by atoms with van der Waals surface area (Å²) in [6, 6.07) is 0.979. The summed E-state index contributed by atoms with van der Waals surface area (Å²) in [5, 5.41) is 13.1. The highest BCUT2D eigenvalue weighted by Crippen LogP contribution is 2.20. The molecule has 0 amide bonds. The molecule has 1 rings (SSSR count). The first-order chi connectivity index (χ1) is 8.52. The minimum absolute atomic E-state index is 0.177. The van der Waals surface area contributed by atoms with Gasteiger partial charge in [0.1, 0.15) is 0 Å². The van der Waals surface area contributed by atoms with Gasteiger partial charge in [0, 0.05) is 24.2 Å². The number of likely N-dealkylation sites (N-methyl/N-ethyl adjacent to an activating group) is 1. The minimum atomic E-state index is -0.177. The number of aliphatic hydroxyl groups is 1. The Hall–Kier alpha value is -0.160. The van der Waals surface area contributed by atoms with Crippen LogP contribution in [0.4, 0.5) is 0 Å². The highest BCUT2D eigenvalue weighted by atomic mass is 16.5. The third kappa shape index (κ3) is 4.50. The molecule has 0 aromatic rings. The first kappa shape index (κ1) is 15.9. The quantitative estimate of drug-likeness (QED) is 0.687. The number of ether oxygens (including phenoxy) is 1. The molecule has 1 heterocycles. The van der Waals surface area contributed by atoms with Crippen molar-refractivity contribution in [3.63, 3.8) is 0 Å². The number of nitrogens with one attached hydrogen (secondary N) is 1. The van der Waals surface area contributed by atoms with Crippen LogP contribution in [0.3, 0.4) is 0 Å². The minimum Gasteiger partial charge on any atom is -0.394 e. The Bertz CT molecular complexity index is 232. The van der Waals surface area contributed by atoms with Crippen molar-refractivity contribution in [3.8, 4) is 0 Å². The summed E-state index contributed by atoms with van der Waals surface area (Å²) in [6.45, 7) is 9.37. The molecule has 0 bridgehead atoms. The van der Waals surface area contributed by atoms with Crippen molar-refractivity contribution in [1.29, 1.82) is 0 Å². The molecule has 0 spiro atoms. The van der Waals surface area contributed by atoms with Crippen molar-refractivity contribution in [2.45, 2.75) is 57.7 Å². The summed E-state index contributed by atoms with van der Waals surface area (Å²) in [6.07, 6.45) is 3.17. The second-order valence-corrected chi connectivity index (χ2v) is 5.88. The molecule has 1 aliphatic rings. The van der Waals surface area contributed by atoms with E-state index in [1.165, 1.54) is 0 Å². The van der Waals surface area contributed by atoms with Crippen molar-refractivity contribution in [2.24, 2.45) is 0 Å². The Balaban J connectivity index is 2.46. The van der Waals surface area contributed by atoms with Gasteiger partial charge in [0.15, 0.2) is 0 Å². The Morgan fingerprint density at radius 1 is 1.56 bits per heavy atom. The maximum Gasteiger partial charge on any atom is 0.0622 e. The zero-order chi connectivity index (χ0) is 13.6. The normalized spacial score (nSPS) is 25.3. The molecular weight excluding hydrogens is 228 g/mol. The molecule has 0 aromatic carbocycles. The topological polar surface area (TPSA) is 44.7 Å². The molecule has 4 heteroatoms. The second kappa shape index (κ2) is 7.43. The average molecular weight is 258 g/mol. The summed E-state index contributed by atoms with van der Waals surface area (Å²) in [5.41, 5.74) is -0.177. The van der Waals surface area contributed by atoms with E-state index in [1.54, 1.807) is 0 Å². The van der Waals surface area contributed by atoms with Crippen LogP contribution < -0.4 is 5.32 Å². The Kier molecular flexibility index (Phi) is 6.57. The van der Waals surface area contributed by atoms with Crippen LogP contribution in [0.5, 0.6) is 0 Å². The summed E-state index contributed by atoms with van der Waals surface area (Å²) in [7, 11) is 2.17. The van der Waals surface area contributed by atoms with Crippen molar-refractivity contribution in [3.05, 3.63) is 0 Å². The lowest BCUT2D eigenvalue weighted by molar-refractivity contribution is 0.0960. The van der Waals surface area contributed by atoms with Crippen molar-refractivity contribution < 1.29 is 9.84 Å². The maximum atomic E-state index is 9.60. The highest BCUT2D eigenvalue weighted by molar-refractivity contribution is 4.88. The Morgan fingerprint density at radius 3 is 2.78 bits per heavy atom. The van der Waals surface area contributed by atoms with Gasteiger partial charge in [-0.05, 0) is 46.7 Å². The van der Waals surface area contributed by atoms with Gasteiger partial charge >= 0.3 is 0 Å². The zero-order valence-corrected chi connectivity index (χ0v) is 12.4. The highest BCUT2D eigenvalue weighted by Gasteiger charge is 2.30. The number of nitrogens with zero attached hydrogens (tertiary/aromatic N) is 1. The second-order valence-electron chi connectivity index (χ2n) is 5.88. The zero-order valence-electron chi connectivity index (χ0n) is 12.4. The molecule has 1 fully saturated rings. The van der Waals surface area contributed by atoms with Gasteiger partial charge in [0.25, 0.3) is 0 Å². The smallest absolute Gasteiger partial charge is 0.0622 e. The van der Waals surface area contributed by atoms with Crippen LogP contribution in [0, 0.1) is 0 Å². The van der Waals surface area contributed by atoms with Crippen LogP contribution in [0.15, 0.2) is 0 Å². The first-order valence-corrected chi connectivity index (χ1v) is 7.18. The van der Waals surface area contributed by atoms with Crippen LogP contribution >= 0.6 is 0 Å². The van der Waals surface area contributed by atoms with Gasteiger partial charge in [-0.15, -0.1) is 0 Å². The molecule has 0 saturated carbocycles. The average Bonchev–Trinajstić information content (AvgIpc) is 2.89. The third-order valence-corrected chi connectivity index (χ3v) is 4.07. The molecule has 108 valence electrons. The molecule has 1 saturated heterocycles. The molecule has 3 unspecified atom stereocenters. The van der Waals surface area contributed by atoms with Crippen LogP contribution in [0.1, 0.15) is 40.0 Å². The van der Waals surface area contributed by atoms with Gasteiger partial charge < -0.3 is 15.2 Å². The predicted octanol–water partition coefficient (Wildman–Crippen LogP) is 1.24. The fourth-order valence-corrected chi connectivity index (χ4v) is 2.62. The van der Waals surface area contributed by atoms with Gasteiger partial charge in [0.05, 0.1) is 13.2 Å². The number of hydrogen-bond donors (Lipinski definition) is 2. The fourth-order valence-electron chi connectivity index (χ4n) is 2.62. The van der Waals surface area contributed by atoms with E-state index in [0.29, 0.717) is 12.1 Å². The molecule has 3 atom stereocenters. The van der Waals surface area contributed by atoms with Crippen LogP contribution in [0.2, 0.25) is 0 Å². The van der Waals surface area contributed by atoms with E-state index >= 15 is 0 Å². The summed E-state index contributed by atoms with van der Waals surface area (Å²) < 4.78 is 5.44. The monoisotopic (exact) mass is 258 g/mol. The standard InChI is InChI=1S/C14H30N2O2/c1-5-7-15-14(3,11-17)9-12(2)16(4)13-6-8-18-10-13/h12-13,15,17H,5-11H2,1-4H3. The van der Waals surface area contributed by atoms with Crippen LogP contribution in [-0.2, 0) is 4.74 Å². The van der Waals surface area contributed by atoms with Gasteiger partial charge in [0.2, 0.25) is 0 Å². The van der Waals surface area contributed by atoms with Crippen LogP contribution in [0.25, 0.3) is 0 Å². The van der Waals surface area contributed by atoms with E-state index in [2.05, 4.69) is 38.0 Å². The van der Waals surface area contributed by atoms with Gasteiger partial charge in [-0.2, -0.15) is 0 Å². The van der Waals surface area contributed by atoms with Gasteiger partial charge in [-0.1, -0.05) is 6.92 Å². The predicted molar refractivity (Wildman–Crippen MR) is 74.9 cm³/mol. The van der Waals surface area contributed by atoms with Crippen molar-refractivity contribution in [1.82, 2.24) is 10.2 Å². The summed E-state index contributed by atoms with van der Waals surface area (Å²) in [4.78, 5) is 2.40. The van der Waals surface area contributed by atoms with Crippen LogP contribution in [-0.4, -0.2) is 61.0 Å². The first-order valence-electron chi connectivity index (χ1n) is 7.18. The number of rotatable bonds is 8. The molecule has 0 radical (unpaired) electrons. The lowest BCUT2D eigenvalue weighted by Gasteiger charge is -2.37. The fraction of sp³-hybridized carbons (Fsp3) is 1.00. The van der Waals surface area contributed by atoms with Crippen molar-refractivity contribution in [2.75, 3.05) is 33.4 Å². The molecule has 0 aromatic heterocycles. The molecule has 18 heavy (non-hydrogen) atoms. The number of hydrogen-bond acceptors (Lipinski definition) is 4. The van der Waals surface area contributed by atoms with E-state index in [0.717, 1.165) is 39.0 Å². The lowest BCUT2D eigenvalue weighted by Crippen LogP contribution is -2.51. The lowest BCUT2D eigenvalue weighted by atomic mass is 9.93. The van der Waals surface area contributed by atoms with Gasteiger partial charge in [-0.3, -0.25) is 4.90 Å². The molecule has 4 nitrogen and oxygen atoms in total. The number of aliphatic hydroxyl groups excluding tert-OH is 1. The molecule has 1 aliphatic heterocycles. The van der Waals surface area contributed by atoms with E-state index < -0.39 is 0 Å². The molecular formula is C14H30N2O2. The maximum absolute atomic E-state index is 9.60. The van der Waals surface area contributed by atoms with Gasteiger partial charge in [-0.25, -0.2) is 0 Å². The molecule has 0 aliphatic carbocycles. The van der Waals surface area contributed by atoms with E-state index in [-0.39, 0.29) is 12.1 Å². The Labute approximate surface area is 112 Å². The van der Waals surface area contributed by atoms with Crippen molar-refractivity contribution >= 4 is 0 Å². The van der Waals surface area contributed by atoms with E-state index in [9.17, 15) is 5.11 Å². The Morgan fingerprint density at radius 2 is 2.28 bits per heavy atom.